The number of amides is 1. The van der Waals surface area contributed by atoms with Gasteiger partial charge >= 0.3 is 0 Å². The average molecular weight is 405 g/mol. The fourth-order valence-electron chi connectivity index (χ4n) is 3.73. The van der Waals surface area contributed by atoms with Crippen LogP contribution < -0.4 is 5.32 Å². The van der Waals surface area contributed by atoms with Crippen LogP contribution in [0.2, 0.25) is 5.02 Å². The maximum Gasteiger partial charge on any atom is 0.237 e. The summed E-state index contributed by atoms with van der Waals surface area (Å²) < 4.78 is 5.91. The monoisotopic (exact) mass is 404 g/mol. The largest absolute Gasteiger partial charge is 0.456 e. The zero-order valence-electron chi connectivity index (χ0n) is 15.6. The molecule has 1 aliphatic rings. The van der Waals surface area contributed by atoms with Crippen LogP contribution in [0.3, 0.4) is 0 Å². The van der Waals surface area contributed by atoms with Gasteiger partial charge in [0.1, 0.15) is 28.9 Å². The molecule has 5 nitrogen and oxygen atoms in total. The quantitative estimate of drug-likeness (QED) is 0.482. The number of carbonyl (C=O) groups excluding carboxylic acids is 1. The highest BCUT2D eigenvalue weighted by atomic mass is 35.5. The van der Waals surface area contributed by atoms with Gasteiger partial charge in [0, 0.05) is 33.1 Å². The third kappa shape index (κ3) is 3.04. The summed E-state index contributed by atoms with van der Waals surface area (Å²) in [4.78, 5) is 18.5. The first-order valence-corrected chi connectivity index (χ1v) is 9.70. The molecule has 0 radical (unpaired) electrons. The van der Waals surface area contributed by atoms with E-state index in [0.717, 1.165) is 21.9 Å². The molecule has 1 aliphatic heterocycles. The number of fused-ring (bicyclic) bond motifs is 3. The van der Waals surface area contributed by atoms with Crippen LogP contribution in [0.25, 0.3) is 21.9 Å². The molecule has 0 aliphatic carbocycles. The number of benzene rings is 3. The Morgan fingerprint density at radius 2 is 1.76 bits per heavy atom. The van der Waals surface area contributed by atoms with Crippen molar-refractivity contribution in [1.29, 1.82) is 0 Å². The molecule has 0 spiro atoms. The van der Waals surface area contributed by atoms with E-state index < -0.39 is 12.0 Å². The number of carbonyl (C=O) groups is 1. The number of nitrogens with one attached hydrogen (secondary N) is 1. The Balaban J connectivity index is 1.45. The van der Waals surface area contributed by atoms with Gasteiger partial charge in [-0.2, -0.15) is 0 Å². The lowest BCUT2D eigenvalue weighted by Crippen LogP contribution is -2.34. The molecule has 6 heteroatoms. The van der Waals surface area contributed by atoms with Crippen molar-refractivity contribution in [1.82, 2.24) is 0 Å². The first kappa shape index (κ1) is 17.8. The molecule has 1 N–H and O–H groups in total. The van der Waals surface area contributed by atoms with Gasteiger partial charge in [0.05, 0.1) is 0 Å². The van der Waals surface area contributed by atoms with Crippen molar-refractivity contribution in [2.45, 2.75) is 13.0 Å². The van der Waals surface area contributed by atoms with E-state index in [0.29, 0.717) is 22.0 Å². The van der Waals surface area contributed by atoms with Gasteiger partial charge in [-0.05, 0) is 31.2 Å². The average Bonchev–Trinajstić information content (AvgIpc) is 3.28. The van der Waals surface area contributed by atoms with Crippen molar-refractivity contribution in [3.8, 4) is 0 Å². The SMILES string of the molecule is CC1ON=C(c2ccccc2Cl)C1C(=O)Nc1ccc2c(c1)oc1ccccc12. The van der Waals surface area contributed by atoms with E-state index in [2.05, 4.69) is 10.5 Å². The molecular weight excluding hydrogens is 388 g/mol. The van der Waals surface area contributed by atoms with Crippen LogP contribution >= 0.6 is 11.6 Å². The van der Waals surface area contributed by atoms with Gasteiger partial charge in [-0.25, -0.2) is 0 Å². The minimum absolute atomic E-state index is 0.205. The zero-order chi connectivity index (χ0) is 20.0. The molecule has 1 amide bonds. The number of halogens is 1. The van der Waals surface area contributed by atoms with Crippen LogP contribution in [-0.4, -0.2) is 17.7 Å². The topological polar surface area (TPSA) is 63.8 Å². The van der Waals surface area contributed by atoms with Gasteiger partial charge in [0.15, 0.2) is 0 Å². The predicted octanol–water partition coefficient (Wildman–Crippen LogP) is 5.62. The fraction of sp³-hybridized carbons (Fsp3) is 0.130. The van der Waals surface area contributed by atoms with Crippen LogP contribution in [-0.2, 0) is 9.63 Å². The highest BCUT2D eigenvalue weighted by molar-refractivity contribution is 6.35. The summed E-state index contributed by atoms with van der Waals surface area (Å²) in [5.74, 6) is -0.773. The summed E-state index contributed by atoms with van der Waals surface area (Å²) in [6, 6.07) is 20.8. The molecule has 2 unspecified atom stereocenters. The fourth-order valence-corrected chi connectivity index (χ4v) is 3.96. The molecule has 2 heterocycles. The summed E-state index contributed by atoms with van der Waals surface area (Å²) in [5.41, 5.74) is 3.42. The van der Waals surface area contributed by atoms with Crippen LogP contribution in [0.4, 0.5) is 5.69 Å². The number of anilines is 1. The first-order chi connectivity index (χ1) is 14.1. The second kappa shape index (κ2) is 6.94. The van der Waals surface area contributed by atoms with Gasteiger partial charge in [0.2, 0.25) is 5.91 Å². The molecule has 2 atom stereocenters. The van der Waals surface area contributed by atoms with Gasteiger partial charge in [0.25, 0.3) is 0 Å². The molecule has 0 saturated carbocycles. The second-order valence-corrected chi connectivity index (χ2v) is 7.45. The molecule has 29 heavy (non-hydrogen) atoms. The van der Waals surface area contributed by atoms with Crippen molar-refractivity contribution >= 4 is 50.8 Å². The number of hydrogen-bond donors (Lipinski definition) is 1. The molecular formula is C23H17ClN2O3. The minimum atomic E-state index is -0.568. The normalized spacial score (nSPS) is 18.6. The third-order valence-corrected chi connectivity index (χ3v) is 5.49. The second-order valence-electron chi connectivity index (χ2n) is 7.04. The minimum Gasteiger partial charge on any atom is -0.456 e. The molecule has 4 aromatic rings. The number of furan rings is 1. The zero-order valence-corrected chi connectivity index (χ0v) is 16.3. The number of hydrogen-bond acceptors (Lipinski definition) is 4. The summed E-state index contributed by atoms with van der Waals surface area (Å²) in [6.45, 7) is 1.82. The smallest absolute Gasteiger partial charge is 0.237 e. The lowest BCUT2D eigenvalue weighted by Gasteiger charge is -2.16. The van der Waals surface area contributed by atoms with Crippen LogP contribution in [0, 0.1) is 5.92 Å². The van der Waals surface area contributed by atoms with E-state index in [1.807, 2.05) is 67.6 Å². The Kier molecular flexibility index (Phi) is 4.25. The summed E-state index contributed by atoms with van der Waals surface area (Å²) in [6.07, 6.45) is -0.392. The molecule has 0 fully saturated rings. The molecule has 0 bridgehead atoms. The van der Waals surface area contributed by atoms with E-state index >= 15 is 0 Å². The Morgan fingerprint density at radius 3 is 2.62 bits per heavy atom. The lowest BCUT2D eigenvalue weighted by atomic mass is 9.92. The first-order valence-electron chi connectivity index (χ1n) is 9.32. The summed E-state index contributed by atoms with van der Waals surface area (Å²) in [5, 5.41) is 9.68. The Morgan fingerprint density at radius 1 is 1.00 bits per heavy atom. The highest BCUT2D eigenvalue weighted by Gasteiger charge is 2.38. The Bertz CT molecular complexity index is 1280. The van der Waals surface area contributed by atoms with E-state index in [1.165, 1.54) is 0 Å². The summed E-state index contributed by atoms with van der Waals surface area (Å²) >= 11 is 6.31. The maximum absolute atomic E-state index is 13.1. The predicted molar refractivity (Wildman–Crippen MR) is 114 cm³/mol. The number of oxime groups is 1. The van der Waals surface area contributed by atoms with Crippen molar-refractivity contribution < 1.29 is 14.0 Å². The molecule has 3 aromatic carbocycles. The highest BCUT2D eigenvalue weighted by Crippen LogP contribution is 2.32. The van der Waals surface area contributed by atoms with E-state index in [1.54, 1.807) is 6.07 Å². The Labute approximate surface area is 171 Å². The lowest BCUT2D eigenvalue weighted by molar-refractivity contribution is -0.120. The van der Waals surface area contributed by atoms with Gasteiger partial charge in [-0.3, -0.25) is 4.79 Å². The summed E-state index contributed by atoms with van der Waals surface area (Å²) in [7, 11) is 0. The molecule has 5 rings (SSSR count). The van der Waals surface area contributed by atoms with Crippen molar-refractivity contribution in [3.05, 3.63) is 77.3 Å². The molecule has 0 saturated heterocycles. The number of rotatable bonds is 3. The maximum atomic E-state index is 13.1. The van der Waals surface area contributed by atoms with Gasteiger partial charge in [-0.15, -0.1) is 0 Å². The van der Waals surface area contributed by atoms with Crippen LogP contribution in [0.1, 0.15) is 12.5 Å². The standard InChI is InChI=1S/C23H17ClN2O3/c1-13-21(22(26-29-13)17-7-2-4-8-18(17)24)23(27)25-14-10-11-16-15-6-3-5-9-19(15)28-20(16)12-14/h2-13,21H,1H3,(H,25,27). The van der Waals surface area contributed by atoms with Crippen molar-refractivity contribution in [2.24, 2.45) is 11.1 Å². The molecule has 1 aromatic heterocycles. The Hall–Kier alpha value is -3.31. The van der Waals surface area contributed by atoms with Crippen LogP contribution in [0.5, 0.6) is 0 Å². The molecule has 144 valence electrons. The third-order valence-electron chi connectivity index (χ3n) is 5.16. The van der Waals surface area contributed by atoms with E-state index in [-0.39, 0.29) is 5.91 Å². The van der Waals surface area contributed by atoms with E-state index in [9.17, 15) is 4.79 Å². The van der Waals surface area contributed by atoms with Crippen molar-refractivity contribution in [2.75, 3.05) is 5.32 Å². The van der Waals surface area contributed by atoms with Crippen LogP contribution in [0.15, 0.2) is 76.3 Å². The number of nitrogens with zero attached hydrogens (tertiary/aromatic N) is 1. The van der Waals surface area contributed by atoms with Gasteiger partial charge < -0.3 is 14.6 Å². The van der Waals surface area contributed by atoms with Gasteiger partial charge in [-0.1, -0.05) is 53.2 Å². The van der Waals surface area contributed by atoms with Crippen molar-refractivity contribution in [3.63, 3.8) is 0 Å². The number of para-hydroxylation sites is 1. The van der Waals surface area contributed by atoms with E-state index in [4.69, 9.17) is 20.9 Å².